The van der Waals surface area contributed by atoms with Gasteiger partial charge >= 0.3 is 0 Å². The number of para-hydroxylation sites is 1. The molecule has 0 unspecified atom stereocenters. The molecular weight excluding hydrogens is 384 g/mol. The quantitative estimate of drug-likeness (QED) is 0.412. The molecule has 0 spiro atoms. The van der Waals surface area contributed by atoms with Gasteiger partial charge in [-0.2, -0.15) is 0 Å². The van der Waals surface area contributed by atoms with E-state index < -0.39 is 0 Å². The standard InChI is InChI=1S/C22H20N4O2S/c27-20(7-3-4-16-14-24-19-6-2-1-5-18(16)19)25-17-10-8-15(9-11-17)21(28)26-22-23-12-13-29-22/h1-2,5-6,8-14,24H,3-4,7H2,(H,25,27)(H,23,26,28). The van der Waals surface area contributed by atoms with Gasteiger partial charge in [-0.25, -0.2) is 4.98 Å². The minimum Gasteiger partial charge on any atom is -0.361 e. The predicted octanol–water partition coefficient (Wildman–Crippen LogP) is 4.84. The van der Waals surface area contributed by atoms with Crippen molar-refractivity contribution in [1.29, 1.82) is 0 Å². The highest BCUT2D eigenvalue weighted by atomic mass is 32.1. The van der Waals surface area contributed by atoms with E-state index >= 15 is 0 Å². The summed E-state index contributed by atoms with van der Waals surface area (Å²) >= 11 is 1.36. The van der Waals surface area contributed by atoms with Gasteiger partial charge in [0.25, 0.3) is 5.91 Å². The van der Waals surface area contributed by atoms with E-state index in [1.165, 1.54) is 22.3 Å². The molecule has 0 bridgehead atoms. The number of amides is 2. The molecule has 2 aromatic heterocycles. The van der Waals surface area contributed by atoms with Crippen LogP contribution in [0.4, 0.5) is 10.8 Å². The van der Waals surface area contributed by atoms with E-state index in [-0.39, 0.29) is 11.8 Å². The number of hydrogen-bond acceptors (Lipinski definition) is 4. The van der Waals surface area contributed by atoms with Crippen LogP contribution in [0.5, 0.6) is 0 Å². The molecular formula is C22H20N4O2S. The Morgan fingerprint density at radius 3 is 2.66 bits per heavy atom. The number of anilines is 2. The van der Waals surface area contributed by atoms with Crippen LogP contribution in [0, 0.1) is 0 Å². The average Bonchev–Trinajstić information content (AvgIpc) is 3.39. The molecule has 0 aliphatic carbocycles. The summed E-state index contributed by atoms with van der Waals surface area (Å²) in [7, 11) is 0. The lowest BCUT2D eigenvalue weighted by atomic mass is 10.1. The van der Waals surface area contributed by atoms with Gasteiger partial charge < -0.3 is 10.3 Å². The number of carbonyl (C=O) groups excluding carboxylic acids is 2. The van der Waals surface area contributed by atoms with Gasteiger partial charge in [0.2, 0.25) is 5.91 Å². The number of nitrogens with zero attached hydrogens (tertiary/aromatic N) is 1. The average molecular weight is 404 g/mol. The van der Waals surface area contributed by atoms with Gasteiger partial charge in [-0.15, -0.1) is 11.3 Å². The van der Waals surface area contributed by atoms with Crippen LogP contribution in [0.3, 0.4) is 0 Å². The lowest BCUT2D eigenvalue weighted by Gasteiger charge is -2.07. The molecule has 146 valence electrons. The number of fused-ring (bicyclic) bond motifs is 1. The first-order valence-corrected chi connectivity index (χ1v) is 10.2. The van der Waals surface area contributed by atoms with Gasteiger partial charge in [0.1, 0.15) is 0 Å². The van der Waals surface area contributed by atoms with Crippen molar-refractivity contribution in [2.45, 2.75) is 19.3 Å². The molecule has 3 N–H and O–H groups in total. The summed E-state index contributed by atoms with van der Waals surface area (Å²) in [6.45, 7) is 0. The second-order valence-electron chi connectivity index (χ2n) is 6.63. The van der Waals surface area contributed by atoms with Crippen LogP contribution in [0.1, 0.15) is 28.8 Å². The second-order valence-corrected chi connectivity index (χ2v) is 7.52. The summed E-state index contributed by atoms with van der Waals surface area (Å²) in [5.74, 6) is -0.263. The number of thiazole rings is 1. The first-order valence-electron chi connectivity index (χ1n) is 9.35. The largest absolute Gasteiger partial charge is 0.361 e. The van der Waals surface area contributed by atoms with Crippen molar-refractivity contribution in [3.8, 4) is 0 Å². The van der Waals surface area contributed by atoms with E-state index in [4.69, 9.17) is 0 Å². The molecule has 0 atom stereocenters. The molecule has 2 amide bonds. The van der Waals surface area contributed by atoms with E-state index in [9.17, 15) is 9.59 Å². The molecule has 4 aromatic rings. The van der Waals surface area contributed by atoms with Crippen molar-refractivity contribution in [2.24, 2.45) is 0 Å². The number of benzene rings is 2. The zero-order valence-corrected chi connectivity index (χ0v) is 16.5. The number of aromatic amines is 1. The molecule has 4 rings (SSSR count). The number of nitrogens with one attached hydrogen (secondary N) is 3. The zero-order chi connectivity index (χ0) is 20.1. The van der Waals surface area contributed by atoms with Crippen LogP contribution in [-0.4, -0.2) is 21.8 Å². The highest BCUT2D eigenvalue weighted by Gasteiger charge is 2.09. The van der Waals surface area contributed by atoms with Crippen LogP contribution in [0.15, 0.2) is 66.3 Å². The Morgan fingerprint density at radius 2 is 1.86 bits per heavy atom. The molecule has 0 saturated heterocycles. The smallest absolute Gasteiger partial charge is 0.257 e. The maximum Gasteiger partial charge on any atom is 0.257 e. The third kappa shape index (κ3) is 4.70. The Morgan fingerprint density at radius 1 is 1.03 bits per heavy atom. The summed E-state index contributed by atoms with van der Waals surface area (Å²) in [4.78, 5) is 31.7. The maximum atomic E-state index is 12.2. The Labute approximate surface area is 172 Å². The first kappa shape index (κ1) is 18.9. The third-order valence-electron chi connectivity index (χ3n) is 4.61. The molecule has 6 nitrogen and oxygen atoms in total. The van der Waals surface area contributed by atoms with E-state index in [1.54, 1.807) is 35.8 Å². The highest BCUT2D eigenvalue weighted by molar-refractivity contribution is 7.13. The maximum absolute atomic E-state index is 12.2. The normalized spacial score (nSPS) is 10.8. The molecule has 0 aliphatic rings. The molecule has 29 heavy (non-hydrogen) atoms. The zero-order valence-electron chi connectivity index (χ0n) is 15.6. The fourth-order valence-corrected chi connectivity index (χ4v) is 3.68. The molecule has 0 fully saturated rings. The van der Waals surface area contributed by atoms with Crippen molar-refractivity contribution in [3.05, 3.63) is 77.4 Å². The third-order valence-corrected chi connectivity index (χ3v) is 5.30. The van der Waals surface area contributed by atoms with Crippen LogP contribution >= 0.6 is 11.3 Å². The second kappa shape index (κ2) is 8.70. The molecule has 7 heteroatoms. The summed E-state index contributed by atoms with van der Waals surface area (Å²) in [6, 6.07) is 15.0. The summed E-state index contributed by atoms with van der Waals surface area (Å²) in [6.07, 6.45) is 5.69. The predicted molar refractivity (Wildman–Crippen MR) is 116 cm³/mol. The van der Waals surface area contributed by atoms with Gasteiger partial charge in [0.05, 0.1) is 0 Å². The molecule has 0 aliphatic heterocycles. The number of aromatic nitrogens is 2. The monoisotopic (exact) mass is 404 g/mol. The van der Waals surface area contributed by atoms with Gasteiger partial charge in [-0.05, 0) is 48.7 Å². The summed E-state index contributed by atoms with van der Waals surface area (Å²) in [5, 5.41) is 9.18. The molecule has 0 saturated carbocycles. The van der Waals surface area contributed by atoms with Crippen LogP contribution in [0.2, 0.25) is 0 Å². The number of H-pyrrole nitrogens is 1. The topological polar surface area (TPSA) is 86.9 Å². The van der Waals surface area contributed by atoms with Gasteiger partial charge in [-0.3, -0.25) is 14.9 Å². The Hall–Kier alpha value is -3.45. The number of hydrogen-bond donors (Lipinski definition) is 3. The minimum absolute atomic E-state index is 0.0372. The lowest BCUT2D eigenvalue weighted by Crippen LogP contribution is -2.13. The molecule has 2 heterocycles. The van der Waals surface area contributed by atoms with E-state index in [0.717, 1.165) is 18.4 Å². The van der Waals surface area contributed by atoms with Gasteiger partial charge in [0.15, 0.2) is 5.13 Å². The minimum atomic E-state index is -0.225. The van der Waals surface area contributed by atoms with Crippen molar-refractivity contribution in [2.75, 3.05) is 10.6 Å². The van der Waals surface area contributed by atoms with Crippen LogP contribution in [-0.2, 0) is 11.2 Å². The number of aryl methyl sites for hydroxylation is 1. The summed E-state index contributed by atoms with van der Waals surface area (Å²) < 4.78 is 0. The van der Waals surface area contributed by atoms with Crippen LogP contribution < -0.4 is 10.6 Å². The van der Waals surface area contributed by atoms with E-state index in [0.29, 0.717) is 22.8 Å². The van der Waals surface area contributed by atoms with Crippen molar-refractivity contribution in [3.63, 3.8) is 0 Å². The number of rotatable bonds is 7. The fourth-order valence-electron chi connectivity index (χ4n) is 3.16. The van der Waals surface area contributed by atoms with Crippen molar-refractivity contribution >= 4 is 44.9 Å². The van der Waals surface area contributed by atoms with Crippen molar-refractivity contribution < 1.29 is 9.59 Å². The van der Waals surface area contributed by atoms with Gasteiger partial charge in [0, 0.05) is 46.3 Å². The fraction of sp³-hybridized carbons (Fsp3) is 0.136. The SMILES string of the molecule is O=C(CCCc1c[nH]c2ccccc12)Nc1ccc(C(=O)Nc2nccs2)cc1. The van der Waals surface area contributed by atoms with Crippen LogP contribution in [0.25, 0.3) is 10.9 Å². The molecule has 0 radical (unpaired) electrons. The lowest BCUT2D eigenvalue weighted by molar-refractivity contribution is -0.116. The van der Waals surface area contributed by atoms with E-state index in [1.807, 2.05) is 24.4 Å². The highest BCUT2D eigenvalue weighted by Crippen LogP contribution is 2.20. The number of carbonyl (C=O) groups is 2. The Bertz CT molecular complexity index is 1120. The van der Waals surface area contributed by atoms with E-state index in [2.05, 4.69) is 26.7 Å². The van der Waals surface area contributed by atoms with Crippen molar-refractivity contribution in [1.82, 2.24) is 9.97 Å². The molecule has 2 aromatic carbocycles. The Balaban J connectivity index is 1.26. The Kier molecular flexibility index (Phi) is 5.67. The summed E-state index contributed by atoms with van der Waals surface area (Å²) in [5.41, 5.74) is 3.53. The first-order chi connectivity index (χ1) is 14.2. The van der Waals surface area contributed by atoms with Gasteiger partial charge in [-0.1, -0.05) is 18.2 Å².